The van der Waals surface area contributed by atoms with E-state index in [4.69, 9.17) is 37.6 Å². The molecule has 10 heteroatoms. The van der Waals surface area contributed by atoms with Crippen molar-refractivity contribution in [2.45, 2.75) is 119 Å². The lowest BCUT2D eigenvalue weighted by Gasteiger charge is -2.17. The van der Waals surface area contributed by atoms with E-state index in [2.05, 4.69) is 171 Å². The minimum atomic E-state index is -1.57. The van der Waals surface area contributed by atoms with Gasteiger partial charge in [-0.15, -0.1) is 0 Å². The molecule has 0 bridgehead atoms. The monoisotopic (exact) mass is 1050 g/mol. The van der Waals surface area contributed by atoms with Crippen LogP contribution < -0.4 is 0 Å². The maximum Gasteiger partial charge on any atom is 0.184 e. The number of hydrogen-bond donors (Lipinski definition) is 0. The summed E-state index contributed by atoms with van der Waals surface area (Å²) in [5, 5.41) is 0. The summed E-state index contributed by atoms with van der Waals surface area (Å²) in [6.07, 6.45) is 0.851. The van der Waals surface area contributed by atoms with Crippen LogP contribution in [-0.4, -0.2) is 14.6 Å². The summed E-state index contributed by atoms with van der Waals surface area (Å²) in [7, 11) is -1.57. The molecular weight excluding hydrogens is 977 g/mol. The lowest BCUT2D eigenvalue weighted by Crippen LogP contribution is -2.24. The molecule has 8 aromatic rings. The standard InChI is InChI=1S/C67H72O9Si/c1-77(2,3)76-51-67-27-11-26-66(35-67)50-75-49-65-25-10-24-64(34-65)48-74-47-63-23-9-22-62(33-63)46-73-45-61-21-8-20-60(32-61)44-72-43-59-19-7-18-58(31-59)42-71-41-57-17-6-16-56(30-57)40-70-39-55-15-5-14-54(29-55)38-69-37-53-13-4-12-52(28-53)36-68/h4-36H,37-51H2,1-3H3. The predicted molar refractivity (Wildman–Crippen MR) is 305 cm³/mol. The van der Waals surface area contributed by atoms with Crippen LogP contribution in [0.5, 0.6) is 0 Å². The van der Waals surface area contributed by atoms with Crippen molar-refractivity contribution in [3.63, 3.8) is 0 Å². The molecular formula is C67H72O9Si. The Balaban J connectivity index is 0.688. The molecule has 0 aromatic heterocycles. The van der Waals surface area contributed by atoms with Crippen molar-refractivity contribution >= 4 is 14.6 Å². The van der Waals surface area contributed by atoms with Gasteiger partial charge in [0.2, 0.25) is 0 Å². The maximum atomic E-state index is 11.1. The number of carbonyl (C=O) groups excluding carboxylic acids is 1. The van der Waals surface area contributed by atoms with Crippen molar-refractivity contribution in [3.8, 4) is 0 Å². The van der Waals surface area contributed by atoms with E-state index in [1.54, 1.807) is 6.07 Å². The first-order chi connectivity index (χ1) is 37.7. The topological polar surface area (TPSA) is 90.9 Å². The highest BCUT2D eigenvalue weighted by Gasteiger charge is 2.14. The van der Waals surface area contributed by atoms with Crippen molar-refractivity contribution in [1.29, 1.82) is 0 Å². The van der Waals surface area contributed by atoms with E-state index in [0.29, 0.717) is 105 Å². The second kappa shape index (κ2) is 30.3. The molecule has 9 nitrogen and oxygen atoms in total. The van der Waals surface area contributed by atoms with Gasteiger partial charge in [0.1, 0.15) is 6.29 Å². The van der Waals surface area contributed by atoms with Gasteiger partial charge in [-0.2, -0.15) is 0 Å². The molecule has 0 spiro atoms. The van der Waals surface area contributed by atoms with Gasteiger partial charge in [0.25, 0.3) is 0 Å². The molecule has 398 valence electrons. The fourth-order valence-corrected chi connectivity index (χ4v) is 9.33. The highest BCUT2D eigenvalue weighted by molar-refractivity contribution is 6.69. The Bertz CT molecular complexity index is 3070. The minimum absolute atomic E-state index is 0.444. The van der Waals surface area contributed by atoms with Gasteiger partial charge in [-0.3, -0.25) is 4.79 Å². The van der Waals surface area contributed by atoms with Crippen molar-refractivity contribution in [2.75, 3.05) is 0 Å². The molecule has 0 unspecified atom stereocenters. The Labute approximate surface area is 456 Å². The predicted octanol–water partition coefficient (Wildman–Crippen LogP) is 14.9. The van der Waals surface area contributed by atoms with Crippen molar-refractivity contribution in [2.24, 2.45) is 0 Å². The summed E-state index contributed by atoms with van der Waals surface area (Å²) in [4.78, 5) is 11.1. The maximum absolute atomic E-state index is 11.1. The van der Waals surface area contributed by atoms with Gasteiger partial charge in [-0.25, -0.2) is 0 Å². The largest absolute Gasteiger partial charge is 0.413 e. The van der Waals surface area contributed by atoms with Gasteiger partial charge < -0.3 is 37.6 Å². The van der Waals surface area contributed by atoms with Crippen LogP contribution in [0.4, 0.5) is 0 Å². The highest BCUT2D eigenvalue weighted by atomic mass is 28.4. The highest BCUT2D eigenvalue weighted by Crippen LogP contribution is 2.19. The molecule has 0 fully saturated rings. The average molecular weight is 1050 g/mol. The Morgan fingerprint density at radius 3 is 0.610 bits per heavy atom. The van der Waals surface area contributed by atoms with E-state index in [9.17, 15) is 4.79 Å². The molecule has 0 heterocycles. The van der Waals surface area contributed by atoms with E-state index >= 15 is 0 Å². The summed E-state index contributed by atoms with van der Waals surface area (Å²) in [5.41, 5.74) is 17.2. The second-order valence-corrected chi connectivity index (χ2v) is 25.0. The summed E-state index contributed by atoms with van der Waals surface area (Å²) >= 11 is 0. The Morgan fingerprint density at radius 1 is 0.260 bits per heavy atom. The molecule has 0 amide bonds. The van der Waals surface area contributed by atoms with E-state index in [1.165, 1.54) is 5.56 Å². The van der Waals surface area contributed by atoms with Crippen molar-refractivity contribution < 1.29 is 42.4 Å². The Hall–Kier alpha value is -6.67. The molecule has 0 atom stereocenters. The van der Waals surface area contributed by atoms with E-state index < -0.39 is 8.32 Å². The Kier molecular flexibility index (Phi) is 22.3. The summed E-state index contributed by atoms with van der Waals surface area (Å²) < 4.78 is 48.9. The van der Waals surface area contributed by atoms with Crippen LogP contribution in [0.25, 0.3) is 0 Å². The third kappa shape index (κ3) is 20.7. The normalized spacial score (nSPS) is 11.5. The van der Waals surface area contributed by atoms with Crippen LogP contribution in [0.3, 0.4) is 0 Å². The van der Waals surface area contributed by atoms with Gasteiger partial charge in [0, 0.05) is 5.56 Å². The first-order valence-corrected chi connectivity index (χ1v) is 29.8. The number of carbonyl (C=O) groups is 1. The van der Waals surface area contributed by atoms with Crippen LogP contribution in [0.1, 0.15) is 93.8 Å². The van der Waals surface area contributed by atoms with Crippen LogP contribution in [0.2, 0.25) is 19.6 Å². The lowest BCUT2D eigenvalue weighted by atomic mass is 10.1. The molecule has 0 aliphatic carbocycles. The van der Waals surface area contributed by atoms with E-state index in [-0.39, 0.29) is 0 Å². The number of ether oxygens (including phenoxy) is 7. The quantitative estimate of drug-likeness (QED) is 0.0302. The first-order valence-electron chi connectivity index (χ1n) is 26.4. The number of hydrogen-bond acceptors (Lipinski definition) is 9. The first kappa shape index (κ1) is 56.5. The van der Waals surface area contributed by atoms with Crippen LogP contribution >= 0.6 is 0 Å². The molecule has 0 N–H and O–H groups in total. The zero-order valence-electron chi connectivity index (χ0n) is 44.8. The molecule has 77 heavy (non-hydrogen) atoms. The van der Waals surface area contributed by atoms with Crippen molar-refractivity contribution in [1.82, 2.24) is 0 Å². The van der Waals surface area contributed by atoms with Crippen LogP contribution in [-0.2, 0) is 137 Å². The van der Waals surface area contributed by atoms with Gasteiger partial charge in [0.15, 0.2) is 8.32 Å². The van der Waals surface area contributed by atoms with Crippen LogP contribution in [0.15, 0.2) is 194 Å². The zero-order chi connectivity index (χ0) is 53.3. The third-order valence-corrected chi connectivity index (χ3v) is 13.5. The van der Waals surface area contributed by atoms with E-state index in [0.717, 1.165) is 84.2 Å². The van der Waals surface area contributed by atoms with Gasteiger partial charge in [0.05, 0.1) is 99.1 Å². The molecule has 0 aliphatic heterocycles. The molecule has 0 saturated heterocycles. The summed E-state index contributed by atoms with van der Waals surface area (Å²) in [5.74, 6) is 0. The smallest absolute Gasteiger partial charge is 0.184 e. The molecule has 8 rings (SSSR count). The molecule has 0 aliphatic rings. The van der Waals surface area contributed by atoms with Gasteiger partial charge in [-0.1, -0.05) is 188 Å². The average Bonchev–Trinajstić information content (AvgIpc) is 3.43. The molecule has 8 aromatic carbocycles. The van der Waals surface area contributed by atoms with E-state index in [1.807, 2.05) is 36.4 Å². The Morgan fingerprint density at radius 2 is 0.429 bits per heavy atom. The number of aldehydes is 1. The summed E-state index contributed by atoms with van der Waals surface area (Å²) in [6.45, 7) is 14.3. The van der Waals surface area contributed by atoms with Gasteiger partial charge >= 0.3 is 0 Å². The molecule has 0 radical (unpaired) electrons. The second-order valence-electron chi connectivity index (χ2n) is 20.5. The zero-order valence-corrected chi connectivity index (χ0v) is 45.8. The SMILES string of the molecule is C[Si](C)(C)OCc1cccc(COCc2cccc(COCc3cccc(COCc4cccc(COCc5cccc(COCc6cccc(COCc7cccc(COCc8cccc(C=O)c8)c7)c6)c5)c4)c3)c2)c1. The third-order valence-electron chi connectivity index (χ3n) is 12.5. The minimum Gasteiger partial charge on any atom is -0.413 e. The fraction of sp³-hybridized carbons (Fsp3) is 0.269. The number of benzene rings is 8. The summed E-state index contributed by atoms with van der Waals surface area (Å²) in [6, 6.07) is 66.1. The van der Waals surface area contributed by atoms with Crippen molar-refractivity contribution in [3.05, 3.63) is 283 Å². The van der Waals surface area contributed by atoms with Gasteiger partial charge in [-0.05, 0) is 109 Å². The fourth-order valence-electron chi connectivity index (χ4n) is 8.73. The molecule has 0 saturated carbocycles. The van der Waals surface area contributed by atoms with Crippen LogP contribution in [0, 0.1) is 0 Å². The lowest BCUT2D eigenvalue weighted by molar-refractivity contribution is 0.1000. The number of rotatable bonds is 32.